The summed E-state index contributed by atoms with van der Waals surface area (Å²) in [5.74, 6) is 0. The van der Waals surface area contributed by atoms with Crippen LogP contribution < -0.4 is 5.73 Å². The molecular formula is C16H21NO. The lowest BCUT2D eigenvalue weighted by Crippen LogP contribution is -2.34. The highest BCUT2D eigenvalue weighted by Crippen LogP contribution is 2.28. The molecule has 0 aromatic heterocycles. The van der Waals surface area contributed by atoms with E-state index in [2.05, 4.69) is 38.1 Å². The van der Waals surface area contributed by atoms with Gasteiger partial charge in [-0.25, -0.2) is 0 Å². The van der Waals surface area contributed by atoms with Gasteiger partial charge in [0.15, 0.2) is 0 Å². The molecule has 18 heavy (non-hydrogen) atoms. The van der Waals surface area contributed by atoms with E-state index in [4.69, 9.17) is 10.8 Å². The summed E-state index contributed by atoms with van der Waals surface area (Å²) in [6.45, 7) is 4.34. The van der Waals surface area contributed by atoms with Crippen molar-refractivity contribution in [3.05, 3.63) is 47.5 Å². The topological polar surface area (TPSA) is 46.2 Å². The molecule has 0 fully saturated rings. The van der Waals surface area contributed by atoms with Gasteiger partial charge in [0.2, 0.25) is 0 Å². The van der Waals surface area contributed by atoms with Crippen molar-refractivity contribution >= 4 is 10.8 Å². The number of nitrogens with two attached hydrogens (primary N) is 1. The number of fused-ring (bicyclic) bond motifs is 1. The summed E-state index contributed by atoms with van der Waals surface area (Å²) in [5, 5.41) is 11.5. The highest BCUT2D eigenvalue weighted by molar-refractivity contribution is 5.84. The maximum absolute atomic E-state index is 9.14. The van der Waals surface area contributed by atoms with Gasteiger partial charge in [0.25, 0.3) is 0 Å². The summed E-state index contributed by atoms with van der Waals surface area (Å²) in [6, 6.07) is 12.4. The van der Waals surface area contributed by atoms with Crippen LogP contribution in [-0.2, 0) is 12.1 Å². The van der Waals surface area contributed by atoms with E-state index in [0.29, 0.717) is 0 Å². The van der Waals surface area contributed by atoms with Crippen molar-refractivity contribution in [1.82, 2.24) is 0 Å². The first kappa shape index (κ1) is 13.1. The fourth-order valence-electron chi connectivity index (χ4n) is 2.36. The molecule has 2 heteroatoms. The Hall–Kier alpha value is -1.38. The molecule has 96 valence electrons. The van der Waals surface area contributed by atoms with E-state index < -0.39 is 0 Å². The largest absolute Gasteiger partial charge is 0.392 e. The Balaban J connectivity index is 2.51. The maximum atomic E-state index is 9.14. The highest BCUT2D eigenvalue weighted by Gasteiger charge is 2.22. The molecule has 0 unspecified atom stereocenters. The first-order chi connectivity index (χ1) is 8.62. The van der Waals surface area contributed by atoms with E-state index in [0.717, 1.165) is 23.8 Å². The lowest BCUT2D eigenvalue weighted by Gasteiger charge is -2.27. The summed E-state index contributed by atoms with van der Waals surface area (Å²) in [5.41, 5.74) is 8.33. The van der Waals surface area contributed by atoms with Crippen LogP contribution in [0.2, 0.25) is 0 Å². The van der Waals surface area contributed by atoms with Crippen molar-refractivity contribution < 1.29 is 5.11 Å². The zero-order valence-electron chi connectivity index (χ0n) is 11.1. The minimum atomic E-state index is -0.232. The maximum Gasteiger partial charge on any atom is 0.0682 e. The number of aliphatic hydroxyl groups excluding tert-OH is 1. The van der Waals surface area contributed by atoms with E-state index in [-0.39, 0.29) is 12.1 Å². The number of aliphatic hydroxyl groups is 1. The molecule has 0 saturated carbocycles. The molecule has 0 aliphatic carbocycles. The smallest absolute Gasteiger partial charge is 0.0682 e. The Morgan fingerprint density at radius 2 is 1.61 bits per heavy atom. The molecule has 0 radical (unpaired) electrons. The van der Waals surface area contributed by atoms with Crippen LogP contribution in [0.3, 0.4) is 0 Å². The number of hydrogen-bond acceptors (Lipinski definition) is 2. The van der Waals surface area contributed by atoms with E-state index in [9.17, 15) is 0 Å². The fraction of sp³-hybridized carbons (Fsp3) is 0.375. The molecule has 2 aromatic carbocycles. The third-order valence-corrected chi connectivity index (χ3v) is 3.92. The Labute approximate surface area is 108 Å². The summed E-state index contributed by atoms with van der Waals surface area (Å²) in [6.07, 6.45) is 1.87. The van der Waals surface area contributed by atoms with E-state index in [1.54, 1.807) is 0 Å². The van der Waals surface area contributed by atoms with Gasteiger partial charge >= 0.3 is 0 Å². The first-order valence-electron chi connectivity index (χ1n) is 6.56. The average molecular weight is 243 g/mol. The minimum absolute atomic E-state index is 0.0858. The van der Waals surface area contributed by atoms with Crippen molar-refractivity contribution in [2.45, 2.75) is 38.8 Å². The Kier molecular flexibility index (Phi) is 3.69. The standard InChI is InChI=1S/C16H21NO/c1-3-16(17,4-2)15-8-7-13-9-12(11-18)5-6-14(13)10-15/h5-10,18H,3-4,11,17H2,1-2H3. The van der Waals surface area contributed by atoms with Crippen molar-refractivity contribution in [2.75, 3.05) is 0 Å². The van der Waals surface area contributed by atoms with Gasteiger partial charge in [-0.15, -0.1) is 0 Å². The monoisotopic (exact) mass is 243 g/mol. The highest BCUT2D eigenvalue weighted by atomic mass is 16.3. The predicted octanol–water partition coefficient (Wildman–Crippen LogP) is 3.31. The van der Waals surface area contributed by atoms with Gasteiger partial charge in [0.05, 0.1) is 6.61 Å². The fourth-order valence-corrected chi connectivity index (χ4v) is 2.36. The Morgan fingerprint density at radius 3 is 2.22 bits per heavy atom. The molecule has 2 aromatic rings. The lowest BCUT2D eigenvalue weighted by molar-refractivity contribution is 0.282. The Morgan fingerprint density at radius 1 is 1.00 bits per heavy atom. The second kappa shape index (κ2) is 5.09. The molecule has 0 atom stereocenters. The van der Waals surface area contributed by atoms with Gasteiger partial charge in [-0.3, -0.25) is 0 Å². The van der Waals surface area contributed by atoms with Gasteiger partial charge in [0, 0.05) is 5.54 Å². The summed E-state index contributed by atoms with van der Waals surface area (Å²) in [4.78, 5) is 0. The summed E-state index contributed by atoms with van der Waals surface area (Å²) >= 11 is 0. The van der Waals surface area contributed by atoms with Crippen molar-refractivity contribution in [3.63, 3.8) is 0 Å². The zero-order chi connectivity index (χ0) is 13.2. The molecular weight excluding hydrogens is 222 g/mol. The van der Waals surface area contributed by atoms with Crippen molar-refractivity contribution in [2.24, 2.45) is 5.73 Å². The summed E-state index contributed by atoms with van der Waals surface area (Å²) < 4.78 is 0. The van der Waals surface area contributed by atoms with Gasteiger partial charge in [-0.2, -0.15) is 0 Å². The van der Waals surface area contributed by atoms with E-state index >= 15 is 0 Å². The second-order valence-electron chi connectivity index (χ2n) is 4.92. The normalized spacial score (nSPS) is 12.0. The zero-order valence-corrected chi connectivity index (χ0v) is 11.1. The number of hydrogen-bond donors (Lipinski definition) is 2. The van der Waals surface area contributed by atoms with Gasteiger partial charge in [0.1, 0.15) is 0 Å². The van der Waals surface area contributed by atoms with Crippen LogP contribution in [0, 0.1) is 0 Å². The molecule has 3 N–H and O–H groups in total. The molecule has 2 nitrogen and oxygen atoms in total. The minimum Gasteiger partial charge on any atom is -0.392 e. The van der Waals surface area contributed by atoms with Crippen molar-refractivity contribution in [1.29, 1.82) is 0 Å². The van der Waals surface area contributed by atoms with Crippen LogP contribution in [0.5, 0.6) is 0 Å². The van der Waals surface area contributed by atoms with Crippen LogP contribution in [-0.4, -0.2) is 5.11 Å². The lowest BCUT2D eigenvalue weighted by atomic mass is 9.85. The molecule has 0 heterocycles. The molecule has 0 amide bonds. The molecule has 2 rings (SSSR count). The van der Waals surface area contributed by atoms with Crippen LogP contribution in [0.4, 0.5) is 0 Å². The van der Waals surface area contributed by atoms with E-state index in [1.165, 1.54) is 10.9 Å². The molecule has 0 aliphatic rings. The molecule has 0 saturated heterocycles. The van der Waals surface area contributed by atoms with Gasteiger partial charge < -0.3 is 10.8 Å². The molecule has 0 spiro atoms. The van der Waals surface area contributed by atoms with Crippen LogP contribution in [0.1, 0.15) is 37.8 Å². The van der Waals surface area contributed by atoms with Gasteiger partial charge in [-0.1, -0.05) is 38.1 Å². The molecule has 0 aliphatic heterocycles. The van der Waals surface area contributed by atoms with E-state index in [1.807, 2.05) is 12.1 Å². The third kappa shape index (κ3) is 2.26. The average Bonchev–Trinajstić information content (AvgIpc) is 2.45. The van der Waals surface area contributed by atoms with Crippen molar-refractivity contribution in [3.8, 4) is 0 Å². The Bertz CT molecular complexity index is 544. The van der Waals surface area contributed by atoms with Crippen LogP contribution >= 0.6 is 0 Å². The van der Waals surface area contributed by atoms with Gasteiger partial charge in [-0.05, 0) is 46.9 Å². The van der Waals surface area contributed by atoms with Crippen LogP contribution in [0.25, 0.3) is 10.8 Å². The third-order valence-electron chi connectivity index (χ3n) is 3.92. The van der Waals surface area contributed by atoms with Crippen LogP contribution in [0.15, 0.2) is 36.4 Å². The number of benzene rings is 2. The SMILES string of the molecule is CCC(N)(CC)c1ccc2cc(CO)ccc2c1. The second-order valence-corrected chi connectivity index (χ2v) is 4.92. The first-order valence-corrected chi connectivity index (χ1v) is 6.56. The quantitative estimate of drug-likeness (QED) is 0.865. The summed E-state index contributed by atoms with van der Waals surface area (Å²) in [7, 11) is 0. The number of rotatable bonds is 4. The predicted molar refractivity (Wildman–Crippen MR) is 76.3 cm³/mol. The molecule has 0 bridgehead atoms.